The molecule has 2 aromatic carbocycles. The summed E-state index contributed by atoms with van der Waals surface area (Å²) < 4.78 is 59.5. The number of aliphatic hydroxyl groups excluding tert-OH is 1. The molecule has 4 N–H and O–H groups in total. The van der Waals surface area contributed by atoms with E-state index in [1.54, 1.807) is 43.6 Å². The van der Waals surface area contributed by atoms with E-state index in [0.29, 0.717) is 39.3 Å². The van der Waals surface area contributed by atoms with Crippen molar-refractivity contribution in [2.75, 3.05) is 30.3 Å². The van der Waals surface area contributed by atoms with E-state index >= 15 is 0 Å². The van der Waals surface area contributed by atoms with Crippen LogP contribution in [-0.2, 0) is 0 Å². The van der Waals surface area contributed by atoms with Gasteiger partial charge in [-0.15, -0.1) is 0 Å². The molecule has 0 spiro atoms. The lowest BCUT2D eigenvalue weighted by Crippen LogP contribution is -2.38. The second-order valence-corrected chi connectivity index (χ2v) is 9.58. The van der Waals surface area contributed by atoms with Crippen LogP contribution in [0.5, 0.6) is 11.6 Å². The van der Waals surface area contributed by atoms with Gasteiger partial charge in [0.1, 0.15) is 11.6 Å². The normalized spacial score (nSPS) is 16.5. The van der Waals surface area contributed by atoms with Crippen LogP contribution in [0, 0.1) is 12.7 Å². The number of aromatic nitrogens is 3. The first-order valence-electron chi connectivity index (χ1n) is 12.8. The number of hydrogen-bond acceptors (Lipinski definition) is 8. The van der Waals surface area contributed by atoms with Crippen LogP contribution < -0.4 is 20.7 Å². The Kier molecular flexibility index (Phi) is 7.99. The Morgan fingerprint density at radius 2 is 1.93 bits per heavy atom. The fourth-order valence-corrected chi connectivity index (χ4v) is 4.59. The molecule has 1 aliphatic heterocycles. The number of aryl methyl sites for hydroxylation is 1. The van der Waals surface area contributed by atoms with Gasteiger partial charge in [-0.05, 0) is 62.2 Å². The second-order valence-electron chi connectivity index (χ2n) is 9.58. The molecule has 1 unspecified atom stereocenters. The number of fused-ring (bicyclic) bond motifs is 1. The zero-order valence-electron chi connectivity index (χ0n) is 21.6. The zero-order chi connectivity index (χ0) is 28.3. The Labute approximate surface area is 227 Å². The summed E-state index contributed by atoms with van der Waals surface area (Å²) in [6.07, 6.45) is -2.20. The fraction of sp³-hybridized carbons (Fsp3) is 0.321. The van der Waals surface area contributed by atoms with Crippen molar-refractivity contribution in [1.82, 2.24) is 20.3 Å². The zero-order valence-corrected chi connectivity index (χ0v) is 21.6. The Balaban J connectivity index is 1.47. The summed E-state index contributed by atoms with van der Waals surface area (Å²) >= 11 is 0. The molecule has 2 atom stereocenters. The molecule has 0 amide bonds. The number of piperidine rings is 1. The summed E-state index contributed by atoms with van der Waals surface area (Å²) in [6, 6.07) is 11.4. The minimum Gasteiger partial charge on any atom is -0.437 e. The van der Waals surface area contributed by atoms with Crippen molar-refractivity contribution in [3.05, 3.63) is 66.2 Å². The highest BCUT2D eigenvalue weighted by Gasteiger charge is 2.38. The van der Waals surface area contributed by atoms with Crippen LogP contribution >= 0.6 is 0 Å². The molecule has 210 valence electrons. The predicted octanol–water partition coefficient (Wildman–Crippen LogP) is 5.43. The van der Waals surface area contributed by atoms with Crippen LogP contribution in [0.25, 0.3) is 22.0 Å². The molecule has 0 saturated carbocycles. The van der Waals surface area contributed by atoms with Crippen molar-refractivity contribution < 1.29 is 27.4 Å². The van der Waals surface area contributed by atoms with Crippen LogP contribution in [0.1, 0.15) is 18.4 Å². The third-order valence-corrected chi connectivity index (χ3v) is 6.68. The number of halogens is 4. The molecular formula is C28H28F4N6O2. The highest BCUT2D eigenvalue weighted by atomic mass is 19.4. The van der Waals surface area contributed by atoms with Gasteiger partial charge < -0.3 is 25.8 Å². The first kappa shape index (κ1) is 27.5. The summed E-state index contributed by atoms with van der Waals surface area (Å²) in [5, 5.41) is 19.3. The van der Waals surface area contributed by atoms with Crippen LogP contribution in [0.4, 0.5) is 29.2 Å². The molecule has 40 heavy (non-hydrogen) atoms. The molecule has 0 bridgehead atoms. The molecule has 1 saturated heterocycles. The molecule has 0 radical (unpaired) electrons. The van der Waals surface area contributed by atoms with Crippen LogP contribution in [0.3, 0.4) is 0 Å². The maximum atomic E-state index is 14.7. The lowest BCUT2D eigenvalue weighted by molar-refractivity contribution is -0.198. The molecular weight excluding hydrogens is 528 g/mol. The van der Waals surface area contributed by atoms with E-state index in [4.69, 9.17) is 4.74 Å². The molecule has 2 aromatic heterocycles. The van der Waals surface area contributed by atoms with Gasteiger partial charge in [-0.2, -0.15) is 13.2 Å². The molecule has 3 heterocycles. The number of anilines is 2. The summed E-state index contributed by atoms with van der Waals surface area (Å²) in [7, 11) is 0. The van der Waals surface area contributed by atoms with Crippen molar-refractivity contribution in [3.63, 3.8) is 0 Å². The molecule has 0 aliphatic carbocycles. The van der Waals surface area contributed by atoms with E-state index in [1.165, 1.54) is 6.07 Å². The number of hydrogen-bond donors (Lipinski definition) is 4. The smallest absolute Gasteiger partial charge is 0.416 e. The third-order valence-electron chi connectivity index (χ3n) is 6.68. The monoisotopic (exact) mass is 556 g/mol. The first-order chi connectivity index (χ1) is 19.2. The molecule has 4 aromatic rings. The molecule has 1 aliphatic rings. The number of benzene rings is 2. The van der Waals surface area contributed by atoms with E-state index in [9.17, 15) is 22.7 Å². The van der Waals surface area contributed by atoms with Gasteiger partial charge >= 0.3 is 6.18 Å². The maximum Gasteiger partial charge on any atom is 0.416 e. The summed E-state index contributed by atoms with van der Waals surface area (Å²) in [6.45, 7) is 2.70. The SMILES string of the molecule is Cc1ccc2c(NCC(O)C(F)(F)F)c(F)ccc2c1Oc1ncccc1-c1ccnc(N[C@H]2CCCNC2)n1. The topological polar surface area (TPSA) is 104 Å². The summed E-state index contributed by atoms with van der Waals surface area (Å²) in [5.74, 6) is 0.324. The van der Waals surface area contributed by atoms with Gasteiger partial charge in [0.25, 0.3) is 0 Å². The Hall–Kier alpha value is -4.03. The lowest BCUT2D eigenvalue weighted by atomic mass is 10.0. The van der Waals surface area contributed by atoms with Crippen LogP contribution in [-0.4, -0.2) is 58.0 Å². The number of alkyl halides is 3. The first-order valence-corrected chi connectivity index (χ1v) is 12.8. The highest BCUT2D eigenvalue weighted by molar-refractivity contribution is 5.99. The average Bonchev–Trinajstić information content (AvgIpc) is 2.94. The Morgan fingerprint density at radius 1 is 1.10 bits per heavy atom. The Bertz CT molecular complexity index is 1490. The molecule has 8 nitrogen and oxygen atoms in total. The standard InChI is InChI=1S/C28H28F4N6O2/c1-16-6-7-18-19(8-9-21(29)24(18)36-15-23(39)28(30,31)32)25(16)40-26-20(5-3-12-34-26)22-10-13-35-27(38-22)37-17-4-2-11-33-14-17/h3,5-10,12-13,17,23,33,36,39H,2,4,11,14-15H2,1H3,(H,35,37,38)/t17-,23?/m0/s1. The third kappa shape index (κ3) is 6.07. The van der Waals surface area contributed by atoms with E-state index in [0.717, 1.165) is 32.0 Å². The predicted molar refractivity (Wildman–Crippen MR) is 144 cm³/mol. The highest BCUT2D eigenvalue weighted by Crippen LogP contribution is 2.39. The molecule has 1 fully saturated rings. The number of ether oxygens (including phenoxy) is 1. The van der Waals surface area contributed by atoms with Gasteiger partial charge in [0, 0.05) is 42.3 Å². The second kappa shape index (κ2) is 11.6. The largest absolute Gasteiger partial charge is 0.437 e. The van der Waals surface area contributed by atoms with E-state index in [-0.39, 0.29) is 17.6 Å². The number of nitrogens with zero attached hydrogens (tertiary/aromatic N) is 3. The number of aliphatic hydroxyl groups is 1. The lowest BCUT2D eigenvalue weighted by Gasteiger charge is -2.23. The minimum atomic E-state index is -4.84. The molecule has 12 heteroatoms. The van der Waals surface area contributed by atoms with Gasteiger partial charge in [0.05, 0.1) is 16.9 Å². The van der Waals surface area contributed by atoms with Gasteiger partial charge in [0.2, 0.25) is 11.8 Å². The maximum absolute atomic E-state index is 14.7. The average molecular weight is 557 g/mol. The number of nitrogens with one attached hydrogen (secondary N) is 3. The van der Waals surface area contributed by atoms with E-state index < -0.39 is 24.6 Å². The quantitative estimate of drug-likeness (QED) is 0.213. The van der Waals surface area contributed by atoms with E-state index in [2.05, 4.69) is 30.9 Å². The van der Waals surface area contributed by atoms with Crippen molar-refractivity contribution in [1.29, 1.82) is 0 Å². The molecule has 5 rings (SSSR count). The summed E-state index contributed by atoms with van der Waals surface area (Å²) in [4.78, 5) is 13.4. The number of pyridine rings is 1. The fourth-order valence-electron chi connectivity index (χ4n) is 4.59. The minimum absolute atomic E-state index is 0.171. The Morgan fingerprint density at radius 3 is 2.70 bits per heavy atom. The number of rotatable bonds is 8. The van der Waals surface area contributed by atoms with Crippen molar-refractivity contribution in [2.24, 2.45) is 0 Å². The summed E-state index contributed by atoms with van der Waals surface area (Å²) in [5.41, 5.74) is 1.71. The van der Waals surface area contributed by atoms with E-state index in [1.807, 2.05) is 6.07 Å². The van der Waals surface area contributed by atoms with Crippen molar-refractivity contribution >= 4 is 22.4 Å². The van der Waals surface area contributed by atoms with Gasteiger partial charge in [-0.25, -0.2) is 19.3 Å². The van der Waals surface area contributed by atoms with Crippen molar-refractivity contribution in [2.45, 2.75) is 38.1 Å². The van der Waals surface area contributed by atoms with Gasteiger partial charge in [0.15, 0.2) is 6.10 Å². The van der Waals surface area contributed by atoms with Crippen LogP contribution in [0.2, 0.25) is 0 Å². The van der Waals surface area contributed by atoms with Gasteiger partial charge in [-0.1, -0.05) is 12.1 Å². The van der Waals surface area contributed by atoms with Crippen LogP contribution in [0.15, 0.2) is 54.9 Å². The van der Waals surface area contributed by atoms with Crippen molar-refractivity contribution in [3.8, 4) is 22.9 Å². The van der Waals surface area contributed by atoms with Gasteiger partial charge in [-0.3, -0.25) is 0 Å².